The zero-order valence-corrected chi connectivity index (χ0v) is 9.99. The predicted octanol–water partition coefficient (Wildman–Crippen LogP) is 2.60. The van der Waals surface area contributed by atoms with Crippen LogP contribution in [0.4, 0.5) is 0 Å². The second kappa shape index (κ2) is 4.79. The van der Waals surface area contributed by atoms with E-state index in [0.717, 1.165) is 24.6 Å². The molecule has 1 saturated heterocycles. The lowest BCUT2D eigenvalue weighted by Crippen LogP contribution is -2.33. The summed E-state index contributed by atoms with van der Waals surface area (Å²) in [5.74, 6) is 1.43. The molecule has 1 aromatic rings. The third kappa shape index (κ3) is 2.50. The maximum atomic E-state index is 11.3. The molecule has 2 atom stereocenters. The van der Waals surface area contributed by atoms with E-state index in [1.807, 2.05) is 18.2 Å². The van der Waals surface area contributed by atoms with E-state index >= 15 is 0 Å². The van der Waals surface area contributed by atoms with Crippen molar-refractivity contribution < 1.29 is 4.79 Å². The predicted molar refractivity (Wildman–Crippen MR) is 65.8 cm³/mol. The SMILES string of the molecule is CC(=O)c1cccc(C2CNCC(C)C2)c1. The molecule has 86 valence electrons. The maximum Gasteiger partial charge on any atom is 0.159 e. The van der Waals surface area contributed by atoms with E-state index in [1.165, 1.54) is 12.0 Å². The third-order valence-corrected chi connectivity index (χ3v) is 3.33. The molecule has 0 amide bonds. The average Bonchev–Trinajstić information content (AvgIpc) is 2.29. The Kier molecular flexibility index (Phi) is 3.39. The molecule has 0 spiro atoms. The van der Waals surface area contributed by atoms with Gasteiger partial charge in [-0.3, -0.25) is 4.79 Å². The summed E-state index contributed by atoms with van der Waals surface area (Å²) in [5, 5.41) is 3.45. The Morgan fingerprint density at radius 3 is 2.88 bits per heavy atom. The molecule has 0 bridgehead atoms. The van der Waals surface area contributed by atoms with Crippen molar-refractivity contribution in [3.05, 3.63) is 35.4 Å². The Balaban J connectivity index is 2.19. The molecule has 2 heteroatoms. The highest BCUT2D eigenvalue weighted by Crippen LogP contribution is 2.26. The first-order chi connectivity index (χ1) is 7.66. The fourth-order valence-corrected chi connectivity index (χ4v) is 2.42. The summed E-state index contributed by atoms with van der Waals surface area (Å²) in [6, 6.07) is 8.07. The number of benzene rings is 1. The molecule has 2 rings (SSSR count). The van der Waals surface area contributed by atoms with E-state index in [9.17, 15) is 4.79 Å². The Hall–Kier alpha value is -1.15. The fourth-order valence-electron chi connectivity index (χ4n) is 2.42. The van der Waals surface area contributed by atoms with Gasteiger partial charge in [-0.05, 0) is 43.4 Å². The van der Waals surface area contributed by atoms with E-state index in [1.54, 1.807) is 6.92 Å². The van der Waals surface area contributed by atoms with Gasteiger partial charge in [0.2, 0.25) is 0 Å². The molecule has 1 aliphatic rings. The van der Waals surface area contributed by atoms with Crippen LogP contribution in [0.25, 0.3) is 0 Å². The van der Waals surface area contributed by atoms with Crippen molar-refractivity contribution in [1.29, 1.82) is 0 Å². The summed E-state index contributed by atoms with van der Waals surface area (Å²) >= 11 is 0. The Bertz CT molecular complexity index is 386. The van der Waals surface area contributed by atoms with Gasteiger partial charge in [0.25, 0.3) is 0 Å². The molecular weight excluding hydrogens is 198 g/mol. The van der Waals surface area contributed by atoms with Gasteiger partial charge in [0.05, 0.1) is 0 Å². The van der Waals surface area contributed by atoms with Crippen LogP contribution in [0.1, 0.15) is 42.1 Å². The highest BCUT2D eigenvalue weighted by atomic mass is 16.1. The van der Waals surface area contributed by atoms with Gasteiger partial charge in [-0.1, -0.05) is 25.1 Å². The molecule has 0 aromatic heterocycles. The number of hydrogen-bond donors (Lipinski definition) is 1. The summed E-state index contributed by atoms with van der Waals surface area (Å²) in [6.45, 7) is 6.05. The lowest BCUT2D eigenvalue weighted by molar-refractivity contribution is 0.101. The van der Waals surface area contributed by atoms with Gasteiger partial charge in [-0.25, -0.2) is 0 Å². The third-order valence-electron chi connectivity index (χ3n) is 3.33. The van der Waals surface area contributed by atoms with E-state index < -0.39 is 0 Å². The fraction of sp³-hybridized carbons (Fsp3) is 0.500. The monoisotopic (exact) mass is 217 g/mol. The lowest BCUT2D eigenvalue weighted by Gasteiger charge is -2.28. The molecule has 16 heavy (non-hydrogen) atoms. The first-order valence-electron chi connectivity index (χ1n) is 5.98. The molecule has 1 aromatic carbocycles. The number of ketones is 1. The van der Waals surface area contributed by atoms with E-state index in [-0.39, 0.29) is 5.78 Å². The van der Waals surface area contributed by atoms with Crippen LogP contribution in [0.5, 0.6) is 0 Å². The van der Waals surface area contributed by atoms with Crippen LogP contribution >= 0.6 is 0 Å². The van der Waals surface area contributed by atoms with Crippen LogP contribution in [0.15, 0.2) is 24.3 Å². The number of Topliss-reactive ketones (excluding diaryl/α,β-unsaturated/α-hetero) is 1. The van der Waals surface area contributed by atoms with Gasteiger partial charge < -0.3 is 5.32 Å². The van der Waals surface area contributed by atoms with Crippen LogP contribution in [-0.4, -0.2) is 18.9 Å². The van der Waals surface area contributed by atoms with Gasteiger partial charge in [0.1, 0.15) is 0 Å². The van der Waals surface area contributed by atoms with Crippen molar-refractivity contribution in [3.63, 3.8) is 0 Å². The van der Waals surface area contributed by atoms with Gasteiger partial charge in [0.15, 0.2) is 5.78 Å². The van der Waals surface area contributed by atoms with Gasteiger partial charge in [-0.2, -0.15) is 0 Å². The minimum Gasteiger partial charge on any atom is -0.316 e. The maximum absolute atomic E-state index is 11.3. The van der Waals surface area contributed by atoms with Crippen molar-refractivity contribution in [2.45, 2.75) is 26.2 Å². The second-order valence-corrected chi connectivity index (χ2v) is 4.88. The molecule has 0 saturated carbocycles. The van der Waals surface area contributed by atoms with Crippen molar-refractivity contribution in [1.82, 2.24) is 5.32 Å². The number of carbonyl (C=O) groups is 1. The van der Waals surface area contributed by atoms with Gasteiger partial charge in [0, 0.05) is 12.1 Å². The molecule has 1 heterocycles. The summed E-state index contributed by atoms with van der Waals surface area (Å²) in [5.41, 5.74) is 2.13. The molecule has 2 unspecified atom stereocenters. The Morgan fingerprint density at radius 2 is 2.19 bits per heavy atom. The molecular formula is C14H19NO. The lowest BCUT2D eigenvalue weighted by atomic mass is 9.86. The number of piperidine rings is 1. The molecule has 1 N–H and O–H groups in total. The van der Waals surface area contributed by atoms with E-state index in [0.29, 0.717) is 5.92 Å². The molecule has 0 radical (unpaired) electrons. The van der Waals surface area contributed by atoms with Crippen molar-refractivity contribution in [2.24, 2.45) is 5.92 Å². The molecule has 2 nitrogen and oxygen atoms in total. The zero-order chi connectivity index (χ0) is 11.5. The summed E-state index contributed by atoms with van der Waals surface area (Å²) < 4.78 is 0. The molecule has 0 aliphatic carbocycles. The van der Waals surface area contributed by atoms with Crippen molar-refractivity contribution in [2.75, 3.05) is 13.1 Å². The quantitative estimate of drug-likeness (QED) is 0.771. The Labute approximate surface area is 97.1 Å². The van der Waals surface area contributed by atoms with E-state index in [2.05, 4.69) is 18.3 Å². The second-order valence-electron chi connectivity index (χ2n) is 4.88. The Morgan fingerprint density at radius 1 is 1.38 bits per heavy atom. The minimum absolute atomic E-state index is 0.152. The van der Waals surface area contributed by atoms with Crippen LogP contribution in [-0.2, 0) is 0 Å². The van der Waals surface area contributed by atoms with E-state index in [4.69, 9.17) is 0 Å². The van der Waals surface area contributed by atoms with Crippen LogP contribution < -0.4 is 5.32 Å². The number of nitrogens with one attached hydrogen (secondary N) is 1. The van der Waals surface area contributed by atoms with Crippen molar-refractivity contribution in [3.8, 4) is 0 Å². The zero-order valence-electron chi connectivity index (χ0n) is 9.99. The van der Waals surface area contributed by atoms with Gasteiger partial charge in [-0.15, -0.1) is 0 Å². The number of carbonyl (C=O) groups excluding carboxylic acids is 1. The highest BCUT2D eigenvalue weighted by Gasteiger charge is 2.20. The minimum atomic E-state index is 0.152. The summed E-state index contributed by atoms with van der Waals surface area (Å²) in [6.07, 6.45) is 1.22. The van der Waals surface area contributed by atoms with Crippen LogP contribution in [0.3, 0.4) is 0 Å². The normalized spacial score (nSPS) is 25.4. The first kappa shape index (κ1) is 11.3. The topological polar surface area (TPSA) is 29.1 Å². The van der Waals surface area contributed by atoms with Crippen LogP contribution in [0, 0.1) is 5.92 Å². The van der Waals surface area contributed by atoms with Crippen LogP contribution in [0.2, 0.25) is 0 Å². The standard InChI is InChI=1S/C14H19NO/c1-10-6-14(9-15-8-10)13-5-3-4-12(7-13)11(2)16/h3-5,7,10,14-15H,6,8-9H2,1-2H3. The largest absolute Gasteiger partial charge is 0.316 e. The summed E-state index contributed by atoms with van der Waals surface area (Å²) in [4.78, 5) is 11.3. The van der Waals surface area contributed by atoms with Gasteiger partial charge >= 0.3 is 0 Å². The molecule has 1 fully saturated rings. The summed E-state index contributed by atoms with van der Waals surface area (Å²) in [7, 11) is 0. The number of rotatable bonds is 2. The smallest absolute Gasteiger partial charge is 0.159 e. The average molecular weight is 217 g/mol. The molecule has 1 aliphatic heterocycles. The van der Waals surface area contributed by atoms with Crippen molar-refractivity contribution >= 4 is 5.78 Å². The number of hydrogen-bond acceptors (Lipinski definition) is 2. The first-order valence-corrected chi connectivity index (χ1v) is 5.98. The highest BCUT2D eigenvalue weighted by molar-refractivity contribution is 5.94.